The lowest BCUT2D eigenvalue weighted by Gasteiger charge is -2.30. The molecule has 0 atom stereocenters. The van der Waals surface area contributed by atoms with Crippen LogP contribution in [-0.2, 0) is 17.1 Å². The van der Waals surface area contributed by atoms with Crippen molar-refractivity contribution >= 4 is 37.5 Å². The first-order valence-electron chi connectivity index (χ1n) is 9.34. The summed E-state index contributed by atoms with van der Waals surface area (Å²) in [6.45, 7) is 7.22. The van der Waals surface area contributed by atoms with Crippen molar-refractivity contribution in [2.24, 2.45) is 13.0 Å². The highest BCUT2D eigenvalue weighted by Gasteiger charge is 2.28. The predicted molar refractivity (Wildman–Crippen MR) is 114 cm³/mol. The molecule has 1 aromatic carbocycles. The van der Waals surface area contributed by atoms with Crippen molar-refractivity contribution in [2.45, 2.75) is 38.5 Å². The summed E-state index contributed by atoms with van der Waals surface area (Å²) in [6.07, 6.45) is 1.95. The SMILES string of the molecule is Cc1cc(NS(=O)(=O)c2cc(C(=O)N3CCC(C)CC3)n(C)c2C)ccc1Br. The molecule has 1 fully saturated rings. The van der Waals surface area contributed by atoms with Crippen LogP contribution in [0.2, 0.25) is 0 Å². The third-order valence-electron chi connectivity index (χ3n) is 5.48. The molecule has 0 aliphatic carbocycles. The molecule has 0 radical (unpaired) electrons. The number of likely N-dealkylation sites (tertiary alicyclic amines) is 1. The number of sulfonamides is 1. The molecule has 8 heteroatoms. The molecule has 1 amide bonds. The smallest absolute Gasteiger partial charge is 0.270 e. The molecule has 1 N–H and O–H groups in total. The molecule has 6 nitrogen and oxygen atoms in total. The first-order valence-corrected chi connectivity index (χ1v) is 11.6. The van der Waals surface area contributed by atoms with E-state index in [4.69, 9.17) is 0 Å². The van der Waals surface area contributed by atoms with Crippen LogP contribution < -0.4 is 4.72 Å². The van der Waals surface area contributed by atoms with E-state index < -0.39 is 10.0 Å². The van der Waals surface area contributed by atoms with Gasteiger partial charge >= 0.3 is 0 Å². The number of aryl methyl sites for hydroxylation is 1. The van der Waals surface area contributed by atoms with Gasteiger partial charge in [-0.3, -0.25) is 9.52 Å². The van der Waals surface area contributed by atoms with Crippen molar-refractivity contribution in [3.05, 3.63) is 45.7 Å². The van der Waals surface area contributed by atoms with Crippen LogP contribution in [0.4, 0.5) is 5.69 Å². The zero-order chi connectivity index (χ0) is 20.6. The van der Waals surface area contributed by atoms with Gasteiger partial charge in [-0.1, -0.05) is 22.9 Å². The number of piperidine rings is 1. The van der Waals surface area contributed by atoms with E-state index >= 15 is 0 Å². The van der Waals surface area contributed by atoms with Crippen molar-refractivity contribution in [1.82, 2.24) is 9.47 Å². The van der Waals surface area contributed by atoms with Crippen LogP contribution in [-0.4, -0.2) is 36.9 Å². The van der Waals surface area contributed by atoms with E-state index in [0.29, 0.717) is 36.1 Å². The molecule has 1 aliphatic rings. The zero-order valence-corrected chi connectivity index (χ0v) is 19.0. The summed E-state index contributed by atoms with van der Waals surface area (Å²) in [5.74, 6) is 0.507. The van der Waals surface area contributed by atoms with Crippen LogP contribution in [0, 0.1) is 19.8 Å². The van der Waals surface area contributed by atoms with Gasteiger partial charge in [-0.2, -0.15) is 0 Å². The van der Waals surface area contributed by atoms with Gasteiger partial charge in [-0.05, 0) is 62.4 Å². The molecule has 0 saturated carbocycles. The number of halogens is 1. The van der Waals surface area contributed by atoms with Crippen molar-refractivity contribution in [1.29, 1.82) is 0 Å². The average molecular weight is 468 g/mol. The molecular weight excluding hydrogens is 442 g/mol. The standard InChI is InChI=1S/C20H26BrN3O3S/c1-13-7-9-24(10-8-13)20(25)18-12-19(15(3)23(18)4)28(26,27)22-16-5-6-17(21)14(2)11-16/h5-6,11-13,22H,7-10H2,1-4H3. The third-order valence-corrected chi connectivity index (χ3v) is 7.86. The van der Waals surface area contributed by atoms with Crippen LogP contribution in [0.5, 0.6) is 0 Å². The van der Waals surface area contributed by atoms with Crippen LogP contribution in [0.15, 0.2) is 33.6 Å². The number of hydrogen-bond acceptors (Lipinski definition) is 3. The largest absolute Gasteiger partial charge is 0.343 e. The third kappa shape index (κ3) is 4.12. The lowest BCUT2D eigenvalue weighted by Crippen LogP contribution is -2.38. The fourth-order valence-corrected chi connectivity index (χ4v) is 5.03. The van der Waals surface area contributed by atoms with Crippen LogP contribution in [0.3, 0.4) is 0 Å². The van der Waals surface area contributed by atoms with Crippen molar-refractivity contribution < 1.29 is 13.2 Å². The second-order valence-electron chi connectivity index (χ2n) is 7.58. The molecule has 28 heavy (non-hydrogen) atoms. The highest BCUT2D eigenvalue weighted by molar-refractivity contribution is 9.10. The molecule has 3 rings (SSSR count). The number of aromatic nitrogens is 1. The maximum absolute atomic E-state index is 13.0. The molecule has 0 spiro atoms. The minimum absolute atomic E-state index is 0.113. The zero-order valence-electron chi connectivity index (χ0n) is 16.6. The van der Waals surface area contributed by atoms with Gasteiger partial charge in [-0.15, -0.1) is 0 Å². The number of hydrogen-bond donors (Lipinski definition) is 1. The van der Waals surface area contributed by atoms with E-state index in [-0.39, 0.29) is 10.8 Å². The summed E-state index contributed by atoms with van der Waals surface area (Å²) in [6, 6.07) is 6.76. The number of benzene rings is 1. The molecule has 0 unspecified atom stereocenters. The maximum atomic E-state index is 13.0. The Bertz CT molecular complexity index is 1010. The molecule has 0 bridgehead atoms. The second kappa shape index (κ2) is 7.91. The number of rotatable bonds is 4. The van der Waals surface area contributed by atoms with Gasteiger partial charge in [0.15, 0.2) is 0 Å². The summed E-state index contributed by atoms with van der Waals surface area (Å²) in [5.41, 5.74) is 2.36. The van der Waals surface area contributed by atoms with Crippen LogP contribution in [0.25, 0.3) is 0 Å². The highest BCUT2D eigenvalue weighted by Crippen LogP contribution is 2.26. The van der Waals surface area contributed by atoms with Crippen molar-refractivity contribution in [2.75, 3.05) is 17.8 Å². The van der Waals surface area contributed by atoms with E-state index in [1.54, 1.807) is 36.7 Å². The number of nitrogens with zero attached hydrogens (tertiary/aromatic N) is 2. The lowest BCUT2D eigenvalue weighted by molar-refractivity contribution is 0.0687. The monoisotopic (exact) mass is 467 g/mol. The van der Waals surface area contributed by atoms with E-state index in [2.05, 4.69) is 27.6 Å². The molecule has 2 heterocycles. The van der Waals surface area contributed by atoms with E-state index in [1.165, 1.54) is 6.07 Å². The number of carbonyl (C=O) groups is 1. The minimum atomic E-state index is -3.81. The first-order chi connectivity index (χ1) is 13.1. The van der Waals surface area contributed by atoms with Gasteiger partial charge in [0.25, 0.3) is 15.9 Å². The summed E-state index contributed by atoms with van der Waals surface area (Å²) in [4.78, 5) is 14.9. The molecule has 1 aromatic heterocycles. The van der Waals surface area contributed by atoms with Crippen LogP contribution >= 0.6 is 15.9 Å². The Kier molecular flexibility index (Phi) is 5.91. The minimum Gasteiger partial charge on any atom is -0.343 e. The van der Waals surface area contributed by atoms with Gasteiger partial charge < -0.3 is 9.47 Å². The number of nitrogens with one attached hydrogen (secondary N) is 1. The fourth-order valence-electron chi connectivity index (χ4n) is 3.44. The lowest BCUT2D eigenvalue weighted by atomic mass is 9.99. The van der Waals surface area contributed by atoms with Gasteiger partial charge in [0.05, 0.1) is 0 Å². The molecule has 1 aliphatic heterocycles. The quantitative estimate of drug-likeness (QED) is 0.735. The normalized spacial score (nSPS) is 15.7. The van der Waals surface area contributed by atoms with Gasteiger partial charge in [-0.25, -0.2) is 8.42 Å². The van der Waals surface area contributed by atoms with Gasteiger partial charge in [0.1, 0.15) is 10.6 Å². The van der Waals surface area contributed by atoms with Crippen LogP contribution in [0.1, 0.15) is 41.5 Å². The van der Waals surface area contributed by atoms with Gasteiger partial charge in [0.2, 0.25) is 0 Å². The van der Waals surface area contributed by atoms with E-state index in [1.807, 2.05) is 11.8 Å². The Hall–Kier alpha value is -1.80. The molecule has 1 saturated heterocycles. The summed E-state index contributed by atoms with van der Waals surface area (Å²) < 4.78 is 31.1. The van der Waals surface area contributed by atoms with E-state index in [9.17, 15) is 13.2 Å². The number of anilines is 1. The summed E-state index contributed by atoms with van der Waals surface area (Å²) in [5, 5.41) is 0. The van der Waals surface area contributed by atoms with Gasteiger partial charge in [0, 0.05) is 36.0 Å². The topological polar surface area (TPSA) is 71.4 Å². The average Bonchev–Trinajstić information content (AvgIpc) is 2.94. The van der Waals surface area contributed by atoms with Crippen molar-refractivity contribution in [3.8, 4) is 0 Å². The Morgan fingerprint density at radius 3 is 2.43 bits per heavy atom. The molecule has 152 valence electrons. The number of amides is 1. The summed E-state index contributed by atoms with van der Waals surface area (Å²) >= 11 is 3.41. The number of carbonyl (C=O) groups excluding carboxylic acids is 1. The van der Waals surface area contributed by atoms with E-state index in [0.717, 1.165) is 22.9 Å². The Balaban J connectivity index is 1.89. The molecular formula is C20H26BrN3O3S. The highest BCUT2D eigenvalue weighted by atomic mass is 79.9. The Morgan fingerprint density at radius 1 is 1.18 bits per heavy atom. The first kappa shape index (κ1) is 20.9. The molecule has 2 aromatic rings. The second-order valence-corrected chi connectivity index (χ2v) is 10.1. The maximum Gasteiger partial charge on any atom is 0.270 e. The summed E-state index contributed by atoms with van der Waals surface area (Å²) in [7, 11) is -2.07. The Morgan fingerprint density at radius 2 is 1.82 bits per heavy atom. The van der Waals surface area contributed by atoms with Crippen molar-refractivity contribution in [3.63, 3.8) is 0 Å². The Labute approximate surface area is 175 Å². The predicted octanol–water partition coefficient (Wildman–Crippen LogP) is 4.08. The fraction of sp³-hybridized carbons (Fsp3) is 0.450.